The molecule has 0 aliphatic carbocycles. The zero-order chi connectivity index (χ0) is 5.98. The molecule has 0 nitrogen and oxygen atoms in total. The van der Waals surface area contributed by atoms with E-state index in [-0.39, 0.29) is 37.7 Å². The quantitative estimate of drug-likeness (QED) is 0.488. The predicted octanol–water partition coefficient (Wildman–Crippen LogP) is 1.39. The fourth-order valence-electron chi connectivity index (χ4n) is 0.807. The summed E-state index contributed by atoms with van der Waals surface area (Å²) in [6, 6.07) is 8.45. The van der Waals surface area contributed by atoms with Crippen LogP contribution in [0.15, 0.2) is 24.3 Å². The molecule has 0 unspecified atom stereocenters. The van der Waals surface area contributed by atoms with Gasteiger partial charge in [0.15, 0.2) is 0 Å². The molecule has 0 fully saturated rings. The SMILES string of the molecule is Cc1cccc(C)c1.[CaH2]. The Morgan fingerprint density at radius 3 is 1.67 bits per heavy atom. The van der Waals surface area contributed by atoms with Crippen molar-refractivity contribution in [2.24, 2.45) is 0 Å². The molecule has 0 aliphatic rings. The summed E-state index contributed by atoms with van der Waals surface area (Å²) >= 11 is 0. The zero-order valence-electron chi connectivity index (χ0n) is 5.31. The molecule has 0 heterocycles. The Bertz CT molecular complexity index is 164. The summed E-state index contributed by atoms with van der Waals surface area (Å²) < 4.78 is 0. The standard InChI is InChI=1S/C8H10.Ca.2H/c1-7-4-3-5-8(2)6-7;;;/h3-6H,1-2H3;;;. The van der Waals surface area contributed by atoms with Crippen LogP contribution in [-0.2, 0) is 0 Å². The minimum atomic E-state index is 0. The summed E-state index contributed by atoms with van der Waals surface area (Å²) in [5.74, 6) is 0. The van der Waals surface area contributed by atoms with E-state index in [1.165, 1.54) is 11.1 Å². The van der Waals surface area contributed by atoms with E-state index in [0.29, 0.717) is 0 Å². The molecular weight excluding hydrogens is 136 g/mol. The van der Waals surface area contributed by atoms with Crippen molar-refractivity contribution in [2.75, 3.05) is 0 Å². The summed E-state index contributed by atoms with van der Waals surface area (Å²) in [6.45, 7) is 4.21. The molecule has 0 saturated carbocycles. The van der Waals surface area contributed by atoms with Gasteiger partial charge in [-0.15, -0.1) is 0 Å². The van der Waals surface area contributed by atoms with E-state index in [1.54, 1.807) is 0 Å². The van der Waals surface area contributed by atoms with Crippen molar-refractivity contribution < 1.29 is 0 Å². The Hall–Kier alpha value is 0.480. The monoisotopic (exact) mass is 148 g/mol. The van der Waals surface area contributed by atoms with Crippen LogP contribution in [0.2, 0.25) is 0 Å². The van der Waals surface area contributed by atoms with Crippen molar-refractivity contribution in [1.29, 1.82) is 0 Å². The molecule has 0 aliphatic heterocycles. The van der Waals surface area contributed by atoms with Crippen LogP contribution in [0.1, 0.15) is 11.1 Å². The maximum atomic E-state index is 2.17. The van der Waals surface area contributed by atoms with Crippen LogP contribution in [0, 0.1) is 13.8 Å². The molecular formula is C8H12Ca. The number of hydrogen-bond acceptors (Lipinski definition) is 0. The number of aryl methyl sites for hydroxylation is 2. The number of rotatable bonds is 0. The first-order valence-corrected chi connectivity index (χ1v) is 2.82. The molecule has 0 bridgehead atoms. The van der Waals surface area contributed by atoms with Crippen LogP contribution in [0.25, 0.3) is 0 Å². The van der Waals surface area contributed by atoms with E-state index >= 15 is 0 Å². The van der Waals surface area contributed by atoms with Crippen molar-refractivity contribution in [2.45, 2.75) is 13.8 Å². The normalized spacial score (nSPS) is 8.22. The summed E-state index contributed by atoms with van der Waals surface area (Å²) in [5, 5.41) is 0. The second-order valence-corrected chi connectivity index (χ2v) is 2.16. The fraction of sp³-hybridized carbons (Fsp3) is 0.250. The van der Waals surface area contributed by atoms with Gasteiger partial charge in [0, 0.05) is 0 Å². The third kappa shape index (κ3) is 3.24. The molecule has 0 saturated heterocycles. The van der Waals surface area contributed by atoms with Gasteiger partial charge in [0.1, 0.15) is 0 Å². The van der Waals surface area contributed by atoms with Gasteiger partial charge in [-0.25, -0.2) is 0 Å². The van der Waals surface area contributed by atoms with Gasteiger partial charge in [-0.2, -0.15) is 0 Å². The Morgan fingerprint density at radius 2 is 1.44 bits per heavy atom. The van der Waals surface area contributed by atoms with Gasteiger partial charge < -0.3 is 0 Å². The number of hydrogen-bond donors (Lipinski definition) is 0. The Morgan fingerprint density at radius 1 is 1.00 bits per heavy atom. The first-order valence-electron chi connectivity index (χ1n) is 2.82. The summed E-state index contributed by atoms with van der Waals surface area (Å²) in [5.41, 5.74) is 2.68. The van der Waals surface area contributed by atoms with Crippen molar-refractivity contribution in [3.05, 3.63) is 35.4 Å². The Kier molecular flexibility index (Phi) is 4.55. The van der Waals surface area contributed by atoms with E-state index in [1.807, 2.05) is 0 Å². The van der Waals surface area contributed by atoms with Crippen molar-refractivity contribution in [3.8, 4) is 0 Å². The van der Waals surface area contributed by atoms with Crippen LogP contribution in [0.3, 0.4) is 0 Å². The van der Waals surface area contributed by atoms with E-state index in [2.05, 4.69) is 38.1 Å². The molecule has 46 valence electrons. The average Bonchev–Trinajstić information content (AvgIpc) is 1.64. The van der Waals surface area contributed by atoms with Gasteiger partial charge in [0.2, 0.25) is 0 Å². The molecule has 0 amide bonds. The third-order valence-electron chi connectivity index (χ3n) is 1.17. The molecule has 0 aromatic heterocycles. The van der Waals surface area contributed by atoms with Gasteiger partial charge in [0.05, 0.1) is 0 Å². The van der Waals surface area contributed by atoms with Gasteiger partial charge in [-0.1, -0.05) is 35.4 Å². The molecule has 0 spiro atoms. The van der Waals surface area contributed by atoms with Crippen LogP contribution in [-0.4, -0.2) is 37.7 Å². The summed E-state index contributed by atoms with van der Waals surface area (Å²) in [6.07, 6.45) is 0. The van der Waals surface area contributed by atoms with E-state index in [4.69, 9.17) is 0 Å². The van der Waals surface area contributed by atoms with Crippen molar-refractivity contribution >= 4 is 37.7 Å². The van der Waals surface area contributed by atoms with Gasteiger partial charge in [0.25, 0.3) is 0 Å². The fourth-order valence-corrected chi connectivity index (χ4v) is 0.807. The predicted molar refractivity (Wildman–Crippen MR) is 44.5 cm³/mol. The summed E-state index contributed by atoms with van der Waals surface area (Å²) in [4.78, 5) is 0. The second kappa shape index (κ2) is 4.32. The van der Waals surface area contributed by atoms with Crippen LogP contribution >= 0.6 is 0 Å². The van der Waals surface area contributed by atoms with E-state index < -0.39 is 0 Å². The van der Waals surface area contributed by atoms with Crippen LogP contribution in [0.4, 0.5) is 0 Å². The molecule has 1 aromatic carbocycles. The van der Waals surface area contributed by atoms with Crippen molar-refractivity contribution in [3.63, 3.8) is 0 Å². The van der Waals surface area contributed by atoms with Crippen molar-refractivity contribution in [1.82, 2.24) is 0 Å². The third-order valence-corrected chi connectivity index (χ3v) is 1.17. The molecule has 1 aromatic rings. The molecule has 1 heteroatoms. The Balaban J connectivity index is 0.000000640. The zero-order valence-corrected chi connectivity index (χ0v) is 5.31. The molecule has 0 radical (unpaired) electrons. The average molecular weight is 148 g/mol. The van der Waals surface area contributed by atoms with Crippen LogP contribution in [0.5, 0.6) is 0 Å². The molecule has 0 atom stereocenters. The first kappa shape index (κ1) is 9.48. The molecule has 9 heavy (non-hydrogen) atoms. The first-order chi connectivity index (χ1) is 3.79. The van der Waals surface area contributed by atoms with E-state index in [9.17, 15) is 0 Å². The van der Waals surface area contributed by atoms with Gasteiger partial charge in [-0.3, -0.25) is 0 Å². The second-order valence-electron chi connectivity index (χ2n) is 2.16. The molecule has 1 rings (SSSR count). The maximum absolute atomic E-state index is 2.17. The van der Waals surface area contributed by atoms with Gasteiger partial charge in [-0.05, 0) is 13.8 Å². The minimum absolute atomic E-state index is 0. The Labute approximate surface area is 86.3 Å². The number of benzene rings is 1. The molecule has 0 N–H and O–H groups in total. The van der Waals surface area contributed by atoms with Crippen LogP contribution < -0.4 is 0 Å². The topological polar surface area (TPSA) is 0 Å². The van der Waals surface area contributed by atoms with E-state index in [0.717, 1.165) is 0 Å². The summed E-state index contributed by atoms with van der Waals surface area (Å²) in [7, 11) is 0. The van der Waals surface area contributed by atoms with Gasteiger partial charge >= 0.3 is 37.7 Å².